The van der Waals surface area contributed by atoms with E-state index in [4.69, 9.17) is 14.4 Å². The summed E-state index contributed by atoms with van der Waals surface area (Å²) in [6.45, 7) is 0. The molecule has 0 aliphatic carbocycles. The Kier molecular flexibility index (Phi) is 5.35. The fraction of sp³-hybridized carbons (Fsp3) is 0. The summed E-state index contributed by atoms with van der Waals surface area (Å²) in [7, 11) is 0. The Hall–Kier alpha value is -4.75. The molecule has 0 bridgehead atoms. The van der Waals surface area contributed by atoms with Gasteiger partial charge in [-0.25, -0.2) is 0 Å². The molecule has 0 radical (unpaired) electrons. The van der Waals surface area contributed by atoms with E-state index in [1.165, 1.54) is 28.7 Å². The fourth-order valence-electron chi connectivity index (χ4n) is 6.02. The molecule has 0 saturated carbocycles. The molecule has 0 atom stereocenters. The molecule has 0 fully saturated rings. The van der Waals surface area contributed by atoms with Crippen molar-refractivity contribution in [2.75, 3.05) is 0 Å². The van der Waals surface area contributed by atoms with Gasteiger partial charge in [0.05, 0.1) is 0 Å². The van der Waals surface area contributed by atoms with Gasteiger partial charge in [-0.1, -0.05) is 18.2 Å². The molecule has 0 unspecified atom stereocenters. The van der Waals surface area contributed by atoms with Gasteiger partial charge in [-0.05, 0) is 6.07 Å². The summed E-state index contributed by atoms with van der Waals surface area (Å²) in [5.41, 5.74) is 8.10. The van der Waals surface area contributed by atoms with E-state index in [1.807, 2.05) is 30.3 Å². The first-order chi connectivity index (χ1) is 20.8. The molecule has 0 aliphatic heterocycles. The van der Waals surface area contributed by atoms with E-state index in [0.29, 0.717) is 5.82 Å². The second kappa shape index (κ2) is 9.39. The van der Waals surface area contributed by atoms with Crippen LogP contribution in [0.25, 0.3) is 84.2 Å². The first-order valence-corrected chi connectivity index (χ1v) is 16.3. The van der Waals surface area contributed by atoms with Crippen molar-refractivity contribution in [3.05, 3.63) is 133 Å². The van der Waals surface area contributed by atoms with Gasteiger partial charge < -0.3 is 4.42 Å². The predicted molar refractivity (Wildman–Crippen MR) is 175 cm³/mol. The van der Waals surface area contributed by atoms with Gasteiger partial charge in [-0.15, -0.1) is 0 Å². The third-order valence-electron chi connectivity index (χ3n) is 8.09. The van der Waals surface area contributed by atoms with Crippen molar-refractivity contribution in [3.8, 4) is 33.8 Å². The summed E-state index contributed by atoms with van der Waals surface area (Å²) < 4.78 is 9.12. The Balaban J connectivity index is 1.25. The van der Waals surface area contributed by atoms with Gasteiger partial charge in [0.25, 0.3) is 0 Å². The number of nitrogens with zero attached hydrogens (tertiary/aromatic N) is 2. The number of fused-ring (bicyclic) bond motifs is 7. The molecule has 3 aromatic heterocycles. The molecule has 42 heavy (non-hydrogen) atoms. The molecule has 0 N–H and O–H groups in total. The molecule has 3 heterocycles. The first kappa shape index (κ1) is 23.9. The average Bonchev–Trinajstić information content (AvgIpc) is 3.62. The van der Waals surface area contributed by atoms with Crippen LogP contribution in [0.2, 0.25) is 0 Å². The van der Waals surface area contributed by atoms with E-state index in [1.54, 1.807) is 0 Å². The van der Waals surface area contributed by atoms with Crippen molar-refractivity contribution in [2.24, 2.45) is 0 Å². The SMILES string of the molecule is c1ccc(-c2nc(-c3ccc4oc5ccccc5c4c3)nc3cc(-c4ccc5c(c4)[te]c4ccccc45)ccc23)cc1. The van der Waals surface area contributed by atoms with Crippen molar-refractivity contribution >= 4 is 70.8 Å². The van der Waals surface area contributed by atoms with Crippen molar-refractivity contribution in [1.82, 2.24) is 9.97 Å². The van der Waals surface area contributed by atoms with Crippen molar-refractivity contribution < 1.29 is 4.42 Å². The van der Waals surface area contributed by atoms with Crippen LogP contribution in [0.1, 0.15) is 0 Å². The molecule has 0 saturated heterocycles. The summed E-state index contributed by atoms with van der Waals surface area (Å²) >= 11 is -0.379. The van der Waals surface area contributed by atoms with Crippen LogP contribution < -0.4 is 0 Å². The number of furan rings is 1. The van der Waals surface area contributed by atoms with E-state index in [9.17, 15) is 0 Å². The second-order valence-electron chi connectivity index (χ2n) is 10.6. The Morgan fingerprint density at radius 1 is 0.429 bits per heavy atom. The number of hydrogen-bond donors (Lipinski definition) is 0. The molecule has 0 spiro atoms. The topological polar surface area (TPSA) is 38.9 Å². The van der Waals surface area contributed by atoms with Crippen molar-refractivity contribution in [2.45, 2.75) is 0 Å². The van der Waals surface area contributed by atoms with E-state index in [0.717, 1.165) is 49.7 Å². The van der Waals surface area contributed by atoms with Crippen LogP contribution in [-0.2, 0) is 0 Å². The molecular weight excluding hydrogens is 628 g/mol. The van der Waals surface area contributed by atoms with Crippen LogP contribution in [0.3, 0.4) is 0 Å². The third kappa shape index (κ3) is 3.80. The Bertz CT molecular complexity index is 2470. The Morgan fingerprint density at radius 2 is 1.12 bits per heavy atom. The number of para-hydroxylation sites is 1. The van der Waals surface area contributed by atoms with Crippen LogP contribution in [0.4, 0.5) is 0 Å². The van der Waals surface area contributed by atoms with Crippen LogP contribution >= 0.6 is 0 Å². The number of aromatic nitrogens is 2. The molecule has 3 nitrogen and oxygen atoms in total. The van der Waals surface area contributed by atoms with Gasteiger partial charge in [-0.2, -0.15) is 0 Å². The zero-order valence-electron chi connectivity index (χ0n) is 22.4. The molecule has 4 heteroatoms. The Labute approximate surface area is 251 Å². The summed E-state index contributed by atoms with van der Waals surface area (Å²) in [5, 5.41) is 6.03. The summed E-state index contributed by atoms with van der Waals surface area (Å²) in [6.07, 6.45) is 0. The minimum atomic E-state index is -0.379. The quantitative estimate of drug-likeness (QED) is 0.179. The average molecular weight is 650 g/mol. The fourth-order valence-corrected chi connectivity index (χ4v) is 9.29. The Morgan fingerprint density at radius 3 is 2.02 bits per heavy atom. The normalized spacial score (nSPS) is 11.8. The van der Waals surface area contributed by atoms with Gasteiger partial charge in [0.1, 0.15) is 5.58 Å². The van der Waals surface area contributed by atoms with E-state index >= 15 is 0 Å². The van der Waals surface area contributed by atoms with Gasteiger partial charge >= 0.3 is 218 Å². The van der Waals surface area contributed by atoms with Crippen LogP contribution in [0.5, 0.6) is 0 Å². The van der Waals surface area contributed by atoms with Crippen molar-refractivity contribution in [3.63, 3.8) is 0 Å². The van der Waals surface area contributed by atoms with E-state index < -0.39 is 0 Å². The maximum absolute atomic E-state index is 6.09. The number of hydrogen-bond acceptors (Lipinski definition) is 3. The molecule has 196 valence electrons. The number of rotatable bonds is 3. The monoisotopic (exact) mass is 652 g/mol. The predicted octanol–water partition coefficient (Wildman–Crippen LogP) is 9.89. The minimum absolute atomic E-state index is 0.379. The zero-order valence-corrected chi connectivity index (χ0v) is 24.7. The van der Waals surface area contributed by atoms with Gasteiger partial charge in [0.2, 0.25) is 0 Å². The van der Waals surface area contributed by atoms with Crippen LogP contribution in [-0.4, -0.2) is 30.4 Å². The number of benzene rings is 6. The maximum atomic E-state index is 6.09. The van der Waals surface area contributed by atoms with E-state index in [-0.39, 0.29) is 20.4 Å². The van der Waals surface area contributed by atoms with Gasteiger partial charge in [0.15, 0.2) is 0 Å². The standard InChI is InChI=1S/C38H22N2OTe/c1-2-8-23(9-3-1)37-30-18-15-24(25-14-17-29-28-11-5-7-13-35(28)42-36(29)22-25)21-32(30)39-38(40-37)26-16-19-34-31(20-26)27-10-4-6-12-33(27)41-34/h1-22H. The van der Waals surface area contributed by atoms with Crippen LogP contribution in [0.15, 0.2) is 138 Å². The summed E-state index contributed by atoms with van der Waals surface area (Å²) in [5.74, 6) is 0.710. The summed E-state index contributed by atoms with van der Waals surface area (Å²) in [6, 6.07) is 47.3. The van der Waals surface area contributed by atoms with Gasteiger partial charge in [-0.3, -0.25) is 0 Å². The first-order valence-electron chi connectivity index (χ1n) is 14.0. The van der Waals surface area contributed by atoms with Crippen LogP contribution in [0, 0.1) is 0 Å². The molecule has 0 amide bonds. The molecular formula is C38H22N2OTe. The summed E-state index contributed by atoms with van der Waals surface area (Å²) in [4.78, 5) is 10.3. The molecule has 9 rings (SSSR count). The third-order valence-corrected chi connectivity index (χ3v) is 11.3. The molecule has 6 aromatic carbocycles. The van der Waals surface area contributed by atoms with E-state index in [2.05, 4.69) is 103 Å². The zero-order chi connectivity index (χ0) is 27.6. The van der Waals surface area contributed by atoms with Gasteiger partial charge in [0, 0.05) is 0 Å². The molecule has 9 aromatic rings. The second-order valence-corrected chi connectivity index (χ2v) is 13.7. The molecule has 0 aliphatic rings. The van der Waals surface area contributed by atoms with Crippen molar-refractivity contribution in [1.29, 1.82) is 0 Å².